The molecule has 0 saturated heterocycles. The van der Waals surface area contributed by atoms with Gasteiger partial charge in [0, 0.05) is 12.5 Å². The van der Waals surface area contributed by atoms with E-state index in [1.54, 1.807) is 0 Å². The zero-order valence-electron chi connectivity index (χ0n) is 8.82. The molecule has 0 unspecified atom stereocenters. The number of amides is 1. The van der Waals surface area contributed by atoms with Gasteiger partial charge in [0.15, 0.2) is 0 Å². The Kier molecular flexibility index (Phi) is 4.34. The van der Waals surface area contributed by atoms with Gasteiger partial charge in [-0.05, 0) is 12.8 Å². The summed E-state index contributed by atoms with van der Waals surface area (Å²) in [6, 6.07) is 0.119. The van der Waals surface area contributed by atoms with E-state index in [1.165, 1.54) is 11.0 Å². The minimum absolute atomic E-state index is 0.119. The van der Waals surface area contributed by atoms with Crippen LogP contribution in [-0.4, -0.2) is 34.5 Å². The summed E-state index contributed by atoms with van der Waals surface area (Å²) in [6.45, 7) is 3.31. The van der Waals surface area contributed by atoms with Gasteiger partial charge in [0.2, 0.25) is 5.91 Å². The molecule has 1 aliphatic rings. The molecule has 1 rings (SSSR count). The van der Waals surface area contributed by atoms with Crippen LogP contribution in [-0.2, 0) is 9.59 Å². The van der Waals surface area contributed by atoms with E-state index in [0.717, 1.165) is 25.7 Å². The highest BCUT2D eigenvalue weighted by Gasteiger charge is 2.27. The van der Waals surface area contributed by atoms with E-state index in [9.17, 15) is 9.59 Å². The number of carbonyl (C=O) groups is 2. The molecule has 0 aliphatic heterocycles. The zero-order valence-corrected chi connectivity index (χ0v) is 8.82. The van der Waals surface area contributed by atoms with E-state index < -0.39 is 5.97 Å². The number of aliphatic carboxylic acids is 1. The van der Waals surface area contributed by atoms with Crippen molar-refractivity contribution < 1.29 is 14.7 Å². The van der Waals surface area contributed by atoms with Crippen LogP contribution in [0, 0.1) is 0 Å². The van der Waals surface area contributed by atoms with Crippen molar-refractivity contribution in [3.63, 3.8) is 0 Å². The monoisotopic (exact) mass is 211 g/mol. The smallest absolute Gasteiger partial charge is 0.323 e. The third kappa shape index (κ3) is 3.38. The van der Waals surface area contributed by atoms with Crippen molar-refractivity contribution in [2.24, 2.45) is 0 Å². The van der Waals surface area contributed by atoms with Crippen LogP contribution in [0.25, 0.3) is 0 Å². The Morgan fingerprint density at radius 2 is 2.00 bits per heavy atom. The van der Waals surface area contributed by atoms with Gasteiger partial charge in [-0.3, -0.25) is 9.59 Å². The van der Waals surface area contributed by atoms with E-state index in [4.69, 9.17) is 5.11 Å². The summed E-state index contributed by atoms with van der Waals surface area (Å²) >= 11 is 0. The Balaban J connectivity index is 2.62. The minimum atomic E-state index is -0.945. The molecule has 15 heavy (non-hydrogen) atoms. The van der Waals surface area contributed by atoms with Crippen molar-refractivity contribution >= 4 is 11.9 Å². The molecule has 0 atom stereocenters. The summed E-state index contributed by atoms with van der Waals surface area (Å²) in [5.41, 5.74) is 0. The minimum Gasteiger partial charge on any atom is -0.480 e. The second-order valence-corrected chi connectivity index (χ2v) is 3.85. The number of carboxylic acids is 1. The van der Waals surface area contributed by atoms with Crippen molar-refractivity contribution in [2.45, 2.75) is 38.1 Å². The van der Waals surface area contributed by atoms with Gasteiger partial charge in [0.05, 0.1) is 0 Å². The average molecular weight is 211 g/mol. The predicted molar refractivity (Wildman–Crippen MR) is 56.4 cm³/mol. The SMILES string of the molecule is C=CCC(=O)N(CC(=O)O)C1CCCC1. The molecule has 1 amide bonds. The lowest BCUT2D eigenvalue weighted by atomic mass is 10.2. The van der Waals surface area contributed by atoms with Gasteiger partial charge in [-0.1, -0.05) is 18.9 Å². The molecule has 1 fully saturated rings. The first-order valence-electron chi connectivity index (χ1n) is 5.27. The van der Waals surface area contributed by atoms with Crippen molar-refractivity contribution in [2.75, 3.05) is 6.54 Å². The Bertz CT molecular complexity index is 257. The lowest BCUT2D eigenvalue weighted by Crippen LogP contribution is -2.41. The van der Waals surface area contributed by atoms with Gasteiger partial charge < -0.3 is 10.0 Å². The fourth-order valence-corrected chi connectivity index (χ4v) is 2.02. The molecule has 0 heterocycles. The molecule has 1 aliphatic carbocycles. The number of carboxylic acid groups (broad SMARTS) is 1. The largest absolute Gasteiger partial charge is 0.480 e. The second-order valence-electron chi connectivity index (χ2n) is 3.85. The van der Waals surface area contributed by atoms with Crippen LogP contribution in [0.1, 0.15) is 32.1 Å². The number of hydrogen-bond donors (Lipinski definition) is 1. The first kappa shape index (κ1) is 11.8. The van der Waals surface area contributed by atoms with Crippen LogP contribution in [0.15, 0.2) is 12.7 Å². The quantitative estimate of drug-likeness (QED) is 0.700. The van der Waals surface area contributed by atoms with Gasteiger partial charge in [-0.15, -0.1) is 6.58 Å². The lowest BCUT2D eigenvalue weighted by Gasteiger charge is -2.26. The first-order valence-corrected chi connectivity index (χ1v) is 5.27. The summed E-state index contributed by atoms with van der Waals surface area (Å²) < 4.78 is 0. The molecule has 0 aromatic rings. The van der Waals surface area contributed by atoms with Gasteiger partial charge >= 0.3 is 5.97 Å². The summed E-state index contributed by atoms with van der Waals surface area (Å²) in [5.74, 6) is -1.07. The lowest BCUT2D eigenvalue weighted by molar-refractivity contribution is -0.145. The molecule has 84 valence electrons. The molecule has 0 aromatic heterocycles. The molecule has 0 bridgehead atoms. The normalized spacial score (nSPS) is 16.3. The molecule has 1 saturated carbocycles. The number of carbonyl (C=O) groups excluding carboxylic acids is 1. The molecular weight excluding hydrogens is 194 g/mol. The predicted octanol–water partition coefficient (Wildman–Crippen LogP) is 1.42. The van der Waals surface area contributed by atoms with Crippen LogP contribution in [0.5, 0.6) is 0 Å². The Hall–Kier alpha value is -1.32. The maximum Gasteiger partial charge on any atom is 0.323 e. The van der Waals surface area contributed by atoms with E-state index in [0.29, 0.717) is 0 Å². The Morgan fingerprint density at radius 3 is 2.47 bits per heavy atom. The van der Waals surface area contributed by atoms with Crippen LogP contribution in [0.3, 0.4) is 0 Å². The molecule has 0 aromatic carbocycles. The van der Waals surface area contributed by atoms with Crippen molar-refractivity contribution in [3.05, 3.63) is 12.7 Å². The third-order valence-corrected chi connectivity index (χ3v) is 2.71. The zero-order chi connectivity index (χ0) is 11.3. The van der Waals surface area contributed by atoms with Crippen molar-refractivity contribution in [3.8, 4) is 0 Å². The van der Waals surface area contributed by atoms with Crippen LogP contribution in [0.2, 0.25) is 0 Å². The fourth-order valence-electron chi connectivity index (χ4n) is 2.02. The van der Waals surface area contributed by atoms with E-state index in [1.807, 2.05) is 0 Å². The number of nitrogens with zero attached hydrogens (tertiary/aromatic N) is 1. The fraction of sp³-hybridized carbons (Fsp3) is 0.636. The van der Waals surface area contributed by atoms with Crippen molar-refractivity contribution in [1.29, 1.82) is 0 Å². The van der Waals surface area contributed by atoms with Crippen LogP contribution < -0.4 is 0 Å². The van der Waals surface area contributed by atoms with Crippen LogP contribution >= 0.6 is 0 Å². The van der Waals surface area contributed by atoms with E-state index >= 15 is 0 Å². The van der Waals surface area contributed by atoms with Crippen molar-refractivity contribution in [1.82, 2.24) is 4.90 Å². The Labute approximate surface area is 89.6 Å². The van der Waals surface area contributed by atoms with Gasteiger partial charge in [-0.25, -0.2) is 0 Å². The maximum atomic E-state index is 11.7. The molecule has 4 heteroatoms. The van der Waals surface area contributed by atoms with Gasteiger partial charge in [-0.2, -0.15) is 0 Å². The number of hydrogen-bond acceptors (Lipinski definition) is 2. The summed E-state index contributed by atoms with van der Waals surface area (Å²) in [6.07, 6.45) is 5.77. The molecule has 4 nitrogen and oxygen atoms in total. The van der Waals surface area contributed by atoms with E-state index in [-0.39, 0.29) is 24.9 Å². The molecule has 0 spiro atoms. The van der Waals surface area contributed by atoms with Gasteiger partial charge in [0.25, 0.3) is 0 Å². The van der Waals surface area contributed by atoms with Gasteiger partial charge in [0.1, 0.15) is 6.54 Å². The summed E-state index contributed by atoms with van der Waals surface area (Å²) in [7, 11) is 0. The van der Waals surface area contributed by atoms with E-state index in [2.05, 4.69) is 6.58 Å². The van der Waals surface area contributed by atoms with Crippen LogP contribution in [0.4, 0.5) is 0 Å². The Morgan fingerprint density at radius 1 is 1.40 bits per heavy atom. The highest BCUT2D eigenvalue weighted by atomic mass is 16.4. The standard InChI is InChI=1S/C11H17NO3/c1-2-5-10(13)12(8-11(14)15)9-6-3-4-7-9/h2,9H,1,3-8H2,(H,14,15). The maximum absolute atomic E-state index is 11.7. The summed E-state index contributed by atoms with van der Waals surface area (Å²) in [4.78, 5) is 23.8. The highest BCUT2D eigenvalue weighted by Crippen LogP contribution is 2.23. The first-order chi connectivity index (χ1) is 7.15. The third-order valence-electron chi connectivity index (χ3n) is 2.71. The summed E-state index contributed by atoms with van der Waals surface area (Å²) in [5, 5.41) is 8.74. The number of rotatable bonds is 5. The average Bonchev–Trinajstić information content (AvgIpc) is 2.66. The molecular formula is C11H17NO3. The molecule has 1 N–H and O–H groups in total. The second kappa shape index (κ2) is 5.53. The topological polar surface area (TPSA) is 57.6 Å². The highest BCUT2D eigenvalue weighted by molar-refractivity contribution is 5.82. The molecule has 0 radical (unpaired) electrons.